The number of rotatable bonds is 1. The van der Waals surface area contributed by atoms with E-state index < -0.39 is 0 Å². The second kappa shape index (κ2) is 4.40. The topological polar surface area (TPSA) is 25.8 Å². The fourth-order valence-corrected chi connectivity index (χ4v) is 1.78. The maximum absolute atomic E-state index is 4.83. The minimum absolute atomic E-state index is 0.00943. The predicted molar refractivity (Wildman–Crippen MR) is 73.5 cm³/mol. The maximum atomic E-state index is 4.83. The van der Waals surface area contributed by atoms with Gasteiger partial charge in [0.25, 0.3) is 0 Å². The van der Waals surface area contributed by atoms with Crippen LogP contribution in [0, 0.1) is 0 Å². The Bertz CT molecular complexity index is 392. The van der Waals surface area contributed by atoms with Crippen LogP contribution in [0.15, 0.2) is 6.20 Å². The summed E-state index contributed by atoms with van der Waals surface area (Å²) in [5.41, 5.74) is 2.54. The molecule has 1 aromatic rings. The van der Waals surface area contributed by atoms with E-state index >= 15 is 0 Å². The van der Waals surface area contributed by atoms with Gasteiger partial charge in [-0.15, -0.1) is 0 Å². The highest BCUT2D eigenvalue weighted by Gasteiger charge is 2.25. The summed E-state index contributed by atoms with van der Waals surface area (Å²) in [5.74, 6) is 1.41. The van der Waals surface area contributed by atoms with Crippen molar-refractivity contribution in [2.75, 3.05) is 0 Å². The fourth-order valence-electron chi connectivity index (χ4n) is 1.78. The van der Waals surface area contributed by atoms with Crippen LogP contribution in [-0.2, 0) is 10.8 Å². The zero-order chi connectivity index (χ0) is 13.4. The lowest BCUT2D eigenvalue weighted by Gasteiger charge is -2.26. The minimum atomic E-state index is 0.00943. The second-order valence-corrected chi connectivity index (χ2v) is 7.15. The van der Waals surface area contributed by atoms with E-state index in [9.17, 15) is 0 Å². The molecule has 1 rings (SSSR count). The van der Waals surface area contributed by atoms with E-state index in [-0.39, 0.29) is 10.8 Å². The van der Waals surface area contributed by atoms with Crippen LogP contribution in [0.3, 0.4) is 0 Å². The van der Waals surface area contributed by atoms with Crippen LogP contribution < -0.4 is 0 Å². The second-order valence-electron chi connectivity index (χ2n) is 7.15. The highest BCUT2D eigenvalue weighted by molar-refractivity contribution is 5.28. The number of hydrogen-bond donors (Lipinski definition) is 0. The van der Waals surface area contributed by atoms with Crippen molar-refractivity contribution in [3.8, 4) is 0 Å². The highest BCUT2D eigenvalue weighted by atomic mass is 14.9. The highest BCUT2D eigenvalue weighted by Crippen LogP contribution is 2.30. The molecule has 0 saturated carbocycles. The van der Waals surface area contributed by atoms with Crippen molar-refractivity contribution in [2.45, 2.75) is 72.1 Å². The summed E-state index contributed by atoms with van der Waals surface area (Å²) < 4.78 is 0. The number of hydrogen-bond acceptors (Lipinski definition) is 2. The van der Waals surface area contributed by atoms with Crippen molar-refractivity contribution in [3.63, 3.8) is 0 Å². The van der Waals surface area contributed by atoms with Crippen molar-refractivity contribution >= 4 is 0 Å². The lowest BCUT2D eigenvalue weighted by atomic mass is 9.85. The molecular weight excluding hydrogens is 208 g/mol. The van der Waals surface area contributed by atoms with Gasteiger partial charge in [-0.25, -0.2) is 9.97 Å². The number of aromatic nitrogens is 2. The Balaban J connectivity index is 3.41. The molecule has 0 fully saturated rings. The van der Waals surface area contributed by atoms with Crippen LogP contribution in [-0.4, -0.2) is 9.97 Å². The van der Waals surface area contributed by atoms with E-state index in [1.807, 2.05) is 6.20 Å². The quantitative estimate of drug-likeness (QED) is 0.728. The van der Waals surface area contributed by atoms with Crippen LogP contribution in [0.5, 0.6) is 0 Å². The molecule has 0 N–H and O–H groups in total. The molecule has 0 aliphatic carbocycles. The van der Waals surface area contributed by atoms with Crippen molar-refractivity contribution in [1.82, 2.24) is 9.97 Å². The summed E-state index contributed by atoms with van der Waals surface area (Å²) in [7, 11) is 0. The van der Waals surface area contributed by atoms with E-state index in [1.165, 1.54) is 11.3 Å². The van der Waals surface area contributed by atoms with Gasteiger partial charge in [0.1, 0.15) is 5.82 Å². The van der Waals surface area contributed by atoms with E-state index in [2.05, 4.69) is 60.4 Å². The molecule has 1 aromatic heterocycles. The Morgan fingerprint density at radius 2 is 1.47 bits per heavy atom. The fraction of sp³-hybridized carbons (Fsp3) is 0.733. The van der Waals surface area contributed by atoms with Gasteiger partial charge in [0.05, 0.1) is 5.69 Å². The molecule has 17 heavy (non-hydrogen) atoms. The van der Waals surface area contributed by atoms with Gasteiger partial charge in [0, 0.05) is 17.0 Å². The maximum Gasteiger partial charge on any atom is 0.133 e. The monoisotopic (exact) mass is 234 g/mol. The van der Waals surface area contributed by atoms with E-state index in [4.69, 9.17) is 4.98 Å². The molecule has 2 nitrogen and oxygen atoms in total. The molecular formula is C15H26N2. The third-order valence-electron chi connectivity index (χ3n) is 2.82. The van der Waals surface area contributed by atoms with Crippen LogP contribution in [0.2, 0.25) is 0 Å². The summed E-state index contributed by atoms with van der Waals surface area (Å²) in [6, 6.07) is 0. The Morgan fingerprint density at radius 3 is 1.82 bits per heavy atom. The normalized spacial score (nSPS) is 13.2. The zero-order valence-electron chi connectivity index (χ0n) is 12.5. The number of nitrogens with zero attached hydrogens (tertiary/aromatic N) is 2. The molecule has 2 heteroatoms. The molecule has 0 saturated heterocycles. The lowest BCUT2D eigenvalue weighted by molar-refractivity contribution is 0.504. The largest absolute Gasteiger partial charge is 0.240 e. The lowest BCUT2D eigenvalue weighted by Crippen LogP contribution is -2.23. The van der Waals surface area contributed by atoms with Crippen molar-refractivity contribution in [1.29, 1.82) is 0 Å². The first kappa shape index (κ1) is 14.1. The van der Waals surface area contributed by atoms with E-state index in [1.54, 1.807) is 0 Å². The first-order chi connectivity index (χ1) is 7.53. The Kier molecular flexibility index (Phi) is 3.66. The predicted octanol–water partition coefficient (Wildman–Crippen LogP) is 4.20. The van der Waals surface area contributed by atoms with Crippen molar-refractivity contribution in [3.05, 3.63) is 23.3 Å². The van der Waals surface area contributed by atoms with Gasteiger partial charge in [0.15, 0.2) is 0 Å². The standard InChI is InChI=1S/C15H26N2/c1-10(2)11-9-16-13(15(6,7)8)17-12(11)14(3,4)5/h9-10H,1-8H3. The molecule has 0 atom stereocenters. The van der Waals surface area contributed by atoms with Crippen LogP contribution in [0.4, 0.5) is 0 Å². The zero-order valence-corrected chi connectivity index (χ0v) is 12.5. The van der Waals surface area contributed by atoms with Crippen LogP contribution in [0.1, 0.15) is 78.4 Å². The SMILES string of the molecule is CC(C)c1cnc(C(C)(C)C)nc1C(C)(C)C. The third-order valence-corrected chi connectivity index (χ3v) is 2.82. The van der Waals surface area contributed by atoms with Gasteiger partial charge < -0.3 is 0 Å². The molecule has 0 radical (unpaired) electrons. The summed E-state index contributed by atoms with van der Waals surface area (Å²) in [5, 5.41) is 0. The van der Waals surface area contributed by atoms with Crippen molar-refractivity contribution in [2.24, 2.45) is 0 Å². The van der Waals surface area contributed by atoms with Crippen molar-refractivity contribution < 1.29 is 0 Å². The molecule has 0 aliphatic heterocycles. The van der Waals surface area contributed by atoms with Gasteiger partial charge in [0.2, 0.25) is 0 Å². The Morgan fingerprint density at radius 1 is 0.941 bits per heavy atom. The van der Waals surface area contributed by atoms with E-state index in [0.29, 0.717) is 5.92 Å². The van der Waals surface area contributed by atoms with Gasteiger partial charge in [-0.2, -0.15) is 0 Å². The summed E-state index contributed by atoms with van der Waals surface area (Å²) in [6.45, 7) is 17.5. The molecule has 0 amide bonds. The van der Waals surface area contributed by atoms with E-state index in [0.717, 1.165) is 5.82 Å². The molecule has 1 heterocycles. The summed E-state index contributed by atoms with van der Waals surface area (Å²) >= 11 is 0. The molecule has 0 spiro atoms. The van der Waals surface area contributed by atoms with Gasteiger partial charge >= 0.3 is 0 Å². The smallest absolute Gasteiger partial charge is 0.133 e. The minimum Gasteiger partial charge on any atom is -0.240 e. The average Bonchev–Trinajstić information content (AvgIpc) is 2.14. The Hall–Kier alpha value is -0.920. The average molecular weight is 234 g/mol. The molecule has 0 unspecified atom stereocenters. The third kappa shape index (κ3) is 3.27. The Labute approximate surface area is 106 Å². The van der Waals surface area contributed by atoms with Crippen LogP contribution in [0.25, 0.3) is 0 Å². The summed E-state index contributed by atoms with van der Waals surface area (Å²) in [6.07, 6.45) is 2.01. The molecule has 96 valence electrons. The van der Waals surface area contributed by atoms with Crippen LogP contribution >= 0.6 is 0 Å². The first-order valence-corrected chi connectivity index (χ1v) is 6.41. The van der Waals surface area contributed by atoms with Gasteiger partial charge in [-0.3, -0.25) is 0 Å². The first-order valence-electron chi connectivity index (χ1n) is 6.41. The van der Waals surface area contributed by atoms with Gasteiger partial charge in [-0.1, -0.05) is 55.4 Å². The van der Waals surface area contributed by atoms with Gasteiger partial charge in [-0.05, 0) is 11.5 Å². The molecule has 0 aliphatic rings. The summed E-state index contributed by atoms with van der Waals surface area (Å²) in [4.78, 5) is 9.36. The molecule has 0 aromatic carbocycles. The molecule has 0 bridgehead atoms.